The Morgan fingerprint density at radius 3 is 2.42 bits per heavy atom. The van der Waals surface area contributed by atoms with Crippen LogP contribution in [0.2, 0.25) is 0 Å². The van der Waals surface area contributed by atoms with Crippen molar-refractivity contribution in [3.8, 4) is 0 Å². The van der Waals surface area contributed by atoms with Gasteiger partial charge in [-0.1, -0.05) is 12.5 Å². The summed E-state index contributed by atoms with van der Waals surface area (Å²) < 4.78 is 27.7. The van der Waals surface area contributed by atoms with Gasteiger partial charge in [0, 0.05) is 37.3 Å². The second-order valence-electron chi connectivity index (χ2n) is 10.1. The quantitative estimate of drug-likeness (QED) is 0.533. The topological polar surface area (TPSA) is 82.6 Å². The van der Waals surface area contributed by atoms with Crippen LogP contribution in [0.15, 0.2) is 53.4 Å². The SMILES string of the molecule is Cc1cc(C)cc(NC(=O)[C@H]2CCCN(c3ccc4cc(S(=O)(=O)N5CCCCC5)ccc4n3)C2)c1. The van der Waals surface area contributed by atoms with Crippen molar-refractivity contribution in [2.45, 2.75) is 50.8 Å². The maximum Gasteiger partial charge on any atom is 0.243 e. The first-order valence-corrected chi connectivity index (χ1v) is 14.3. The first-order valence-electron chi connectivity index (χ1n) is 12.8. The van der Waals surface area contributed by atoms with Gasteiger partial charge < -0.3 is 10.2 Å². The van der Waals surface area contributed by atoms with Crippen LogP contribution in [-0.2, 0) is 14.8 Å². The predicted octanol–water partition coefficient (Wildman–Crippen LogP) is 4.88. The Bertz CT molecular complexity index is 1360. The summed E-state index contributed by atoms with van der Waals surface area (Å²) in [5.41, 5.74) is 3.85. The number of aryl methyl sites for hydroxylation is 2. The molecule has 0 aliphatic carbocycles. The number of anilines is 2. The highest BCUT2D eigenvalue weighted by Gasteiger charge is 2.28. The Morgan fingerprint density at radius 1 is 0.917 bits per heavy atom. The molecule has 36 heavy (non-hydrogen) atoms. The molecule has 2 aromatic carbocycles. The Labute approximate surface area is 213 Å². The van der Waals surface area contributed by atoms with E-state index >= 15 is 0 Å². The monoisotopic (exact) mass is 506 g/mol. The molecule has 0 saturated carbocycles. The number of carbonyl (C=O) groups excluding carboxylic acids is 1. The molecule has 2 aliphatic heterocycles. The summed E-state index contributed by atoms with van der Waals surface area (Å²) in [7, 11) is -3.48. The maximum absolute atomic E-state index is 13.1. The normalized spacial score (nSPS) is 19.4. The van der Waals surface area contributed by atoms with Gasteiger partial charge in [0.25, 0.3) is 0 Å². The van der Waals surface area contributed by atoms with E-state index < -0.39 is 10.0 Å². The third-order valence-electron chi connectivity index (χ3n) is 7.20. The molecule has 2 aliphatic rings. The Kier molecular flexibility index (Phi) is 6.99. The van der Waals surface area contributed by atoms with Crippen LogP contribution in [0, 0.1) is 19.8 Å². The van der Waals surface area contributed by atoms with Crippen molar-refractivity contribution in [2.75, 3.05) is 36.4 Å². The van der Waals surface area contributed by atoms with Crippen LogP contribution in [0.3, 0.4) is 0 Å². The molecule has 0 unspecified atom stereocenters. The van der Waals surface area contributed by atoms with Gasteiger partial charge in [-0.15, -0.1) is 0 Å². The molecule has 0 bridgehead atoms. The van der Waals surface area contributed by atoms with Crippen molar-refractivity contribution >= 4 is 38.3 Å². The molecular weight excluding hydrogens is 472 g/mol. The fourth-order valence-corrected chi connectivity index (χ4v) is 6.93. The van der Waals surface area contributed by atoms with E-state index in [-0.39, 0.29) is 11.8 Å². The third-order valence-corrected chi connectivity index (χ3v) is 9.10. The minimum absolute atomic E-state index is 0.0399. The molecule has 1 aromatic heterocycles. The summed E-state index contributed by atoms with van der Waals surface area (Å²) in [6, 6.07) is 15.1. The highest BCUT2D eigenvalue weighted by molar-refractivity contribution is 7.89. The molecule has 0 spiro atoms. The van der Waals surface area contributed by atoms with Crippen LogP contribution >= 0.6 is 0 Å². The van der Waals surface area contributed by atoms with Gasteiger partial charge >= 0.3 is 0 Å². The lowest BCUT2D eigenvalue weighted by molar-refractivity contribution is -0.120. The van der Waals surface area contributed by atoms with E-state index in [4.69, 9.17) is 4.98 Å². The molecule has 0 radical (unpaired) electrons. The Morgan fingerprint density at radius 2 is 1.67 bits per heavy atom. The van der Waals surface area contributed by atoms with E-state index in [0.717, 1.165) is 72.2 Å². The number of benzene rings is 2. The third kappa shape index (κ3) is 5.25. The number of fused-ring (bicyclic) bond motifs is 1. The van der Waals surface area contributed by atoms with Crippen molar-refractivity contribution in [1.82, 2.24) is 9.29 Å². The van der Waals surface area contributed by atoms with Gasteiger partial charge in [-0.05, 0) is 93.1 Å². The highest BCUT2D eigenvalue weighted by Crippen LogP contribution is 2.28. The number of hydrogen-bond acceptors (Lipinski definition) is 5. The van der Waals surface area contributed by atoms with Gasteiger partial charge in [0.05, 0.1) is 16.3 Å². The zero-order valence-corrected chi connectivity index (χ0v) is 21.9. The molecule has 5 rings (SSSR count). The Hall–Kier alpha value is -2.97. The molecule has 3 heterocycles. The molecule has 190 valence electrons. The lowest BCUT2D eigenvalue weighted by Crippen LogP contribution is -2.41. The van der Waals surface area contributed by atoms with Crippen LogP contribution in [0.4, 0.5) is 11.5 Å². The zero-order chi connectivity index (χ0) is 25.3. The lowest BCUT2D eigenvalue weighted by atomic mass is 9.96. The number of rotatable bonds is 5. The van der Waals surface area contributed by atoms with Gasteiger partial charge in [-0.2, -0.15) is 4.31 Å². The molecular formula is C28H34N4O3S. The molecule has 1 atom stereocenters. The fourth-order valence-electron chi connectivity index (χ4n) is 5.37. The summed E-state index contributed by atoms with van der Waals surface area (Å²) >= 11 is 0. The first-order chi connectivity index (χ1) is 17.3. The highest BCUT2D eigenvalue weighted by atomic mass is 32.2. The van der Waals surface area contributed by atoms with Crippen LogP contribution in [0.1, 0.15) is 43.2 Å². The molecule has 2 saturated heterocycles. The number of nitrogens with zero attached hydrogens (tertiary/aromatic N) is 3. The number of pyridine rings is 1. The average Bonchev–Trinajstić information content (AvgIpc) is 2.88. The maximum atomic E-state index is 13.1. The number of hydrogen-bond donors (Lipinski definition) is 1. The van der Waals surface area contributed by atoms with Crippen LogP contribution in [0.25, 0.3) is 10.9 Å². The Balaban J connectivity index is 1.31. The molecule has 1 amide bonds. The molecule has 2 fully saturated rings. The van der Waals surface area contributed by atoms with Crippen LogP contribution < -0.4 is 10.2 Å². The number of piperidine rings is 2. The number of amides is 1. The van der Waals surface area contributed by atoms with Gasteiger partial charge in [-0.25, -0.2) is 13.4 Å². The van der Waals surface area contributed by atoms with Gasteiger partial charge in [0.15, 0.2) is 0 Å². The second-order valence-corrected chi connectivity index (χ2v) is 12.1. The standard InChI is InChI=1S/C28H34N4O3S/c1-20-15-21(2)17-24(16-20)29-28(33)23-7-6-12-31(19-23)27-11-8-22-18-25(9-10-26(22)30-27)36(34,35)32-13-4-3-5-14-32/h8-11,15-18,23H,3-7,12-14,19H2,1-2H3,(H,29,33)/t23-/m0/s1. The van der Waals surface area contributed by atoms with E-state index in [1.165, 1.54) is 0 Å². The summed E-state index contributed by atoms with van der Waals surface area (Å²) in [5, 5.41) is 3.90. The summed E-state index contributed by atoms with van der Waals surface area (Å²) in [5.74, 6) is 0.741. The van der Waals surface area contributed by atoms with E-state index in [2.05, 4.69) is 16.3 Å². The number of carbonyl (C=O) groups is 1. The minimum Gasteiger partial charge on any atom is -0.356 e. The first kappa shape index (κ1) is 24.7. The average molecular weight is 507 g/mol. The zero-order valence-electron chi connectivity index (χ0n) is 21.0. The predicted molar refractivity (Wildman–Crippen MR) is 144 cm³/mol. The number of aromatic nitrogens is 1. The van der Waals surface area contributed by atoms with Crippen LogP contribution in [0.5, 0.6) is 0 Å². The van der Waals surface area contributed by atoms with E-state index in [1.54, 1.807) is 22.5 Å². The van der Waals surface area contributed by atoms with Gasteiger partial charge in [-0.3, -0.25) is 4.79 Å². The van der Waals surface area contributed by atoms with E-state index in [1.807, 2.05) is 38.1 Å². The summed E-state index contributed by atoms with van der Waals surface area (Å²) in [6.45, 7) is 6.68. The summed E-state index contributed by atoms with van der Waals surface area (Å²) in [6.07, 6.45) is 4.67. The molecule has 8 heteroatoms. The molecule has 7 nitrogen and oxygen atoms in total. The minimum atomic E-state index is -3.48. The van der Waals surface area contributed by atoms with Crippen LogP contribution in [-0.4, -0.2) is 49.8 Å². The van der Waals surface area contributed by atoms with Crippen molar-refractivity contribution in [2.24, 2.45) is 5.92 Å². The van der Waals surface area contributed by atoms with Crippen molar-refractivity contribution in [3.63, 3.8) is 0 Å². The molecule has 3 aromatic rings. The van der Waals surface area contributed by atoms with E-state index in [0.29, 0.717) is 24.5 Å². The summed E-state index contributed by atoms with van der Waals surface area (Å²) in [4.78, 5) is 20.3. The second kappa shape index (κ2) is 10.2. The van der Waals surface area contributed by atoms with Gasteiger partial charge in [0.1, 0.15) is 5.82 Å². The fraction of sp³-hybridized carbons (Fsp3) is 0.429. The number of sulfonamides is 1. The van der Waals surface area contributed by atoms with Crippen molar-refractivity contribution in [1.29, 1.82) is 0 Å². The number of nitrogens with one attached hydrogen (secondary N) is 1. The van der Waals surface area contributed by atoms with E-state index in [9.17, 15) is 13.2 Å². The largest absolute Gasteiger partial charge is 0.356 e. The van der Waals surface area contributed by atoms with Crippen molar-refractivity contribution in [3.05, 3.63) is 59.7 Å². The smallest absolute Gasteiger partial charge is 0.243 e. The van der Waals surface area contributed by atoms with Gasteiger partial charge in [0.2, 0.25) is 15.9 Å². The van der Waals surface area contributed by atoms with Crippen molar-refractivity contribution < 1.29 is 13.2 Å². The molecule has 1 N–H and O–H groups in total. The lowest BCUT2D eigenvalue weighted by Gasteiger charge is -2.33.